The Balaban J connectivity index is 1.54. The fraction of sp³-hybridized carbons (Fsp3) is 0.120. The van der Waals surface area contributed by atoms with E-state index in [2.05, 4.69) is 15.9 Å². The number of amides is 2. The molecule has 5 nitrogen and oxygen atoms in total. The van der Waals surface area contributed by atoms with Gasteiger partial charge in [-0.25, -0.2) is 0 Å². The summed E-state index contributed by atoms with van der Waals surface area (Å²) in [4.78, 5) is 27.0. The van der Waals surface area contributed by atoms with Gasteiger partial charge in [0.05, 0.1) is 23.0 Å². The van der Waals surface area contributed by atoms with E-state index in [0.29, 0.717) is 47.2 Å². The number of ether oxygens (including phenoxy) is 2. The first-order chi connectivity index (χ1) is 17.2. The van der Waals surface area contributed by atoms with Crippen molar-refractivity contribution in [2.45, 2.75) is 13.2 Å². The molecule has 186 valence electrons. The lowest BCUT2D eigenvalue weighted by Gasteiger charge is -2.15. The monoisotopic (exact) mass is 645 g/mol. The Morgan fingerprint density at radius 3 is 2.19 bits per heavy atom. The molecule has 2 amide bonds. The molecule has 0 spiro atoms. The first-order valence-electron chi connectivity index (χ1n) is 10.3. The average Bonchev–Trinajstić information content (AvgIpc) is 3.08. The van der Waals surface area contributed by atoms with Gasteiger partial charge in [0.15, 0.2) is 11.5 Å². The van der Waals surface area contributed by atoms with E-state index in [1.54, 1.807) is 54.6 Å². The predicted molar refractivity (Wildman–Crippen MR) is 149 cm³/mol. The second-order valence-corrected chi connectivity index (χ2v) is 11.1. The zero-order valence-electron chi connectivity index (χ0n) is 18.5. The van der Waals surface area contributed by atoms with Crippen LogP contribution in [0.1, 0.15) is 16.7 Å². The first kappa shape index (κ1) is 27.2. The highest BCUT2D eigenvalue weighted by Gasteiger charge is 2.35. The maximum Gasteiger partial charge on any atom is 0.293 e. The topological polar surface area (TPSA) is 55.8 Å². The third-order valence-electron chi connectivity index (χ3n) is 5.15. The Morgan fingerprint density at radius 1 is 0.944 bits per heavy atom. The summed E-state index contributed by atoms with van der Waals surface area (Å²) in [6.45, 7) is 0.238. The lowest BCUT2D eigenvalue weighted by molar-refractivity contribution is -0.123. The number of benzene rings is 3. The van der Waals surface area contributed by atoms with Gasteiger partial charge in [-0.15, -0.1) is 0 Å². The molecule has 1 aliphatic rings. The summed E-state index contributed by atoms with van der Waals surface area (Å²) in [6, 6.07) is 13.6. The Kier molecular flexibility index (Phi) is 8.81. The molecule has 3 aromatic rings. The van der Waals surface area contributed by atoms with Crippen molar-refractivity contribution in [3.05, 3.63) is 94.7 Å². The maximum absolute atomic E-state index is 13.0. The zero-order valence-corrected chi connectivity index (χ0v) is 23.9. The van der Waals surface area contributed by atoms with Gasteiger partial charge in [0, 0.05) is 25.7 Å². The molecule has 0 aliphatic carbocycles. The van der Waals surface area contributed by atoms with Crippen molar-refractivity contribution in [1.82, 2.24) is 4.90 Å². The SMILES string of the molecule is COc1cc(/C=C2\SC(=O)N(Cc3ccc(Cl)cc3Cl)C2=O)cc(Br)c1OCc1ccc(Cl)cc1Cl. The smallest absolute Gasteiger partial charge is 0.293 e. The summed E-state index contributed by atoms with van der Waals surface area (Å²) in [5.41, 5.74) is 2.02. The summed E-state index contributed by atoms with van der Waals surface area (Å²) < 4.78 is 12.1. The molecule has 4 rings (SSSR count). The van der Waals surface area contributed by atoms with Crippen molar-refractivity contribution in [1.29, 1.82) is 0 Å². The highest BCUT2D eigenvalue weighted by molar-refractivity contribution is 9.10. The van der Waals surface area contributed by atoms with Crippen LogP contribution in [0, 0.1) is 0 Å². The van der Waals surface area contributed by atoms with E-state index in [1.165, 1.54) is 7.11 Å². The molecule has 0 N–H and O–H groups in total. The molecule has 1 heterocycles. The van der Waals surface area contributed by atoms with Gasteiger partial charge >= 0.3 is 0 Å². The number of imide groups is 1. The van der Waals surface area contributed by atoms with Crippen LogP contribution >= 0.6 is 74.1 Å². The van der Waals surface area contributed by atoms with Gasteiger partial charge < -0.3 is 9.47 Å². The van der Waals surface area contributed by atoms with Crippen LogP contribution < -0.4 is 9.47 Å². The Bertz CT molecular complexity index is 1400. The number of hydrogen-bond donors (Lipinski definition) is 0. The second-order valence-electron chi connectivity index (χ2n) is 7.56. The second kappa shape index (κ2) is 11.7. The van der Waals surface area contributed by atoms with Crippen LogP contribution in [0.2, 0.25) is 20.1 Å². The van der Waals surface area contributed by atoms with Crippen molar-refractivity contribution in [2.24, 2.45) is 0 Å². The van der Waals surface area contributed by atoms with E-state index in [1.807, 2.05) is 0 Å². The first-order valence-corrected chi connectivity index (χ1v) is 13.4. The molecule has 0 radical (unpaired) electrons. The van der Waals surface area contributed by atoms with Crippen molar-refractivity contribution >= 4 is 91.3 Å². The number of carbonyl (C=O) groups excluding carboxylic acids is 2. The predicted octanol–water partition coefficient (Wildman–Crippen LogP) is 8.89. The number of halogens is 5. The third-order valence-corrected chi connectivity index (χ3v) is 7.82. The van der Waals surface area contributed by atoms with E-state index in [0.717, 1.165) is 22.2 Å². The fourth-order valence-corrected chi connectivity index (χ4v) is 5.70. The van der Waals surface area contributed by atoms with Crippen LogP contribution in [0.15, 0.2) is 57.9 Å². The maximum atomic E-state index is 13.0. The zero-order chi connectivity index (χ0) is 26.0. The molecule has 3 aromatic carbocycles. The van der Waals surface area contributed by atoms with Crippen molar-refractivity contribution in [3.63, 3.8) is 0 Å². The summed E-state index contributed by atoms with van der Waals surface area (Å²) in [5, 5.41) is 1.50. The average molecular weight is 648 g/mol. The number of hydrogen-bond acceptors (Lipinski definition) is 5. The van der Waals surface area contributed by atoms with Crippen LogP contribution in [0.5, 0.6) is 11.5 Å². The van der Waals surface area contributed by atoms with Crippen LogP contribution in [0.4, 0.5) is 4.79 Å². The van der Waals surface area contributed by atoms with Gasteiger partial charge in [-0.2, -0.15) is 0 Å². The summed E-state index contributed by atoms with van der Waals surface area (Å²) >= 11 is 28.7. The van der Waals surface area contributed by atoms with Crippen molar-refractivity contribution in [2.75, 3.05) is 7.11 Å². The van der Waals surface area contributed by atoms with Gasteiger partial charge in [0.2, 0.25) is 0 Å². The molecule has 36 heavy (non-hydrogen) atoms. The number of methoxy groups -OCH3 is 1. The standard InChI is InChI=1S/C25H16BrCl4NO4S/c1-34-21-7-13(6-18(26)23(21)35-12-15-3-5-17(28)10-20(15)30)8-22-24(32)31(25(33)36-22)11-14-2-4-16(27)9-19(14)29/h2-10H,11-12H2,1H3/b22-8-. The third kappa shape index (κ3) is 6.15. The van der Waals surface area contributed by atoms with Gasteiger partial charge in [-0.3, -0.25) is 14.5 Å². The molecule has 0 saturated carbocycles. The van der Waals surface area contributed by atoms with E-state index in [9.17, 15) is 9.59 Å². The van der Waals surface area contributed by atoms with E-state index in [4.69, 9.17) is 55.9 Å². The lowest BCUT2D eigenvalue weighted by Crippen LogP contribution is -2.27. The molecular weight excluding hydrogens is 632 g/mol. The fourth-order valence-electron chi connectivity index (χ4n) is 3.36. The highest BCUT2D eigenvalue weighted by atomic mass is 79.9. The molecule has 0 atom stereocenters. The Morgan fingerprint density at radius 2 is 1.58 bits per heavy atom. The number of thioether (sulfide) groups is 1. The van der Waals surface area contributed by atoms with Crippen LogP contribution in [0.3, 0.4) is 0 Å². The minimum atomic E-state index is -0.413. The van der Waals surface area contributed by atoms with Crippen LogP contribution in [-0.2, 0) is 17.9 Å². The van der Waals surface area contributed by atoms with Crippen molar-refractivity contribution in [3.8, 4) is 11.5 Å². The lowest BCUT2D eigenvalue weighted by atomic mass is 10.1. The molecule has 1 saturated heterocycles. The quantitative estimate of drug-likeness (QED) is 0.240. The van der Waals surface area contributed by atoms with Crippen LogP contribution in [0.25, 0.3) is 6.08 Å². The Labute approximate surface area is 240 Å². The van der Waals surface area contributed by atoms with E-state index < -0.39 is 5.91 Å². The molecular formula is C25H16BrCl4NO4S. The summed E-state index contributed by atoms with van der Waals surface area (Å²) in [6.07, 6.45) is 1.63. The summed E-state index contributed by atoms with van der Waals surface area (Å²) in [5.74, 6) is 0.489. The molecule has 0 bridgehead atoms. The van der Waals surface area contributed by atoms with Gasteiger partial charge in [-0.1, -0.05) is 58.5 Å². The largest absolute Gasteiger partial charge is 0.493 e. The number of carbonyl (C=O) groups is 2. The number of rotatable bonds is 7. The Hall–Kier alpha value is -1.87. The van der Waals surface area contributed by atoms with Crippen LogP contribution in [-0.4, -0.2) is 23.2 Å². The molecule has 0 aromatic heterocycles. The van der Waals surface area contributed by atoms with E-state index >= 15 is 0 Å². The van der Waals surface area contributed by atoms with Gasteiger partial charge in [-0.05, 0) is 81.3 Å². The highest BCUT2D eigenvalue weighted by Crippen LogP contribution is 2.40. The van der Waals surface area contributed by atoms with Crippen molar-refractivity contribution < 1.29 is 19.1 Å². The van der Waals surface area contributed by atoms with E-state index in [-0.39, 0.29) is 23.3 Å². The minimum Gasteiger partial charge on any atom is -0.493 e. The normalized spacial score (nSPS) is 14.6. The minimum absolute atomic E-state index is 0.0467. The summed E-state index contributed by atoms with van der Waals surface area (Å²) in [7, 11) is 1.51. The molecule has 11 heteroatoms. The molecule has 0 unspecified atom stereocenters. The molecule has 1 fully saturated rings. The molecule has 1 aliphatic heterocycles. The number of nitrogens with zero attached hydrogens (tertiary/aromatic N) is 1. The van der Waals surface area contributed by atoms with Gasteiger partial charge in [0.25, 0.3) is 11.1 Å². The van der Waals surface area contributed by atoms with Gasteiger partial charge in [0.1, 0.15) is 6.61 Å².